The second kappa shape index (κ2) is 4.47. The molecule has 3 saturated carbocycles. The zero-order valence-electron chi connectivity index (χ0n) is 14.3. The number of hydrogen-bond donors (Lipinski definition) is 1. The molecule has 0 amide bonds. The Balaban J connectivity index is 1.69. The number of hydrogen-bond acceptors (Lipinski definition) is 2. The molecule has 0 spiro atoms. The first-order valence-electron chi connectivity index (χ1n) is 9.22. The summed E-state index contributed by atoms with van der Waals surface area (Å²) in [7, 11) is 0. The van der Waals surface area contributed by atoms with Gasteiger partial charge in [0, 0.05) is 6.42 Å². The summed E-state index contributed by atoms with van der Waals surface area (Å²) in [6.45, 7) is 6.82. The van der Waals surface area contributed by atoms with E-state index in [0.29, 0.717) is 23.5 Å². The van der Waals surface area contributed by atoms with Gasteiger partial charge < -0.3 is 5.11 Å². The first-order valence-corrected chi connectivity index (χ1v) is 9.22. The van der Waals surface area contributed by atoms with Crippen LogP contribution in [0.5, 0.6) is 0 Å². The van der Waals surface area contributed by atoms with Gasteiger partial charge in [-0.2, -0.15) is 0 Å². The summed E-state index contributed by atoms with van der Waals surface area (Å²) in [6, 6.07) is 0. The van der Waals surface area contributed by atoms with Gasteiger partial charge in [0.1, 0.15) is 0 Å². The van der Waals surface area contributed by atoms with Gasteiger partial charge in [-0.3, -0.25) is 4.79 Å². The zero-order valence-corrected chi connectivity index (χ0v) is 14.3. The van der Waals surface area contributed by atoms with E-state index >= 15 is 0 Å². The van der Waals surface area contributed by atoms with E-state index in [0.717, 1.165) is 25.2 Å². The van der Waals surface area contributed by atoms with Crippen LogP contribution >= 0.6 is 0 Å². The van der Waals surface area contributed by atoms with E-state index in [1.807, 2.05) is 6.08 Å². The molecule has 4 rings (SSSR count). The second-order valence-corrected chi connectivity index (χ2v) is 9.29. The molecule has 0 aromatic rings. The predicted octanol–water partition coefficient (Wildman–Crippen LogP) is 4.13. The van der Waals surface area contributed by atoms with Crippen molar-refractivity contribution in [2.45, 2.75) is 71.3 Å². The highest BCUT2D eigenvalue weighted by atomic mass is 16.3. The van der Waals surface area contributed by atoms with E-state index in [1.165, 1.54) is 25.7 Å². The van der Waals surface area contributed by atoms with Crippen molar-refractivity contribution in [1.82, 2.24) is 0 Å². The average molecular weight is 302 g/mol. The standard InChI is InChI=1S/C20H30O2/c1-18-9-6-14(21)12-13(18)4-5-15-16(18)7-10-19(2)17(15)8-11-20(19,3)22/h6,9,13,15-17,22H,4-5,7-8,10-12H2,1-3H3/t13-,15-,16-,17+,18+,19+,20+/m1/s1. The Hall–Kier alpha value is -0.630. The molecule has 0 aliphatic heterocycles. The van der Waals surface area contributed by atoms with Crippen molar-refractivity contribution in [2.75, 3.05) is 0 Å². The number of rotatable bonds is 0. The van der Waals surface area contributed by atoms with Crippen molar-refractivity contribution in [3.63, 3.8) is 0 Å². The van der Waals surface area contributed by atoms with Crippen LogP contribution in [-0.4, -0.2) is 16.5 Å². The highest BCUT2D eigenvalue weighted by Crippen LogP contribution is 2.67. The van der Waals surface area contributed by atoms with Crippen molar-refractivity contribution < 1.29 is 9.90 Å². The normalized spacial score (nSPS) is 57.2. The smallest absolute Gasteiger partial charge is 0.155 e. The van der Waals surface area contributed by atoms with Gasteiger partial charge in [0.25, 0.3) is 0 Å². The fourth-order valence-corrected chi connectivity index (χ4v) is 6.88. The Bertz CT molecular complexity index is 534. The number of ketones is 1. The second-order valence-electron chi connectivity index (χ2n) is 9.29. The van der Waals surface area contributed by atoms with E-state index in [9.17, 15) is 9.90 Å². The van der Waals surface area contributed by atoms with Crippen LogP contribution in [0.2, 0.25) is 0 Å². The Morgan fingerprint density at radius 3 is 2.55 bits per heavy atom. The predicted molar refractivity (Wildman–Crippen MR) is 87.3 cm³/mol. The Labute approximate surface area is 134 Å². The number of aliphatic hydroxyl groups is 1. The molecule has 7 atom stereocenters. The highest BCUT2D eigenvalue weighted by Gasteiger charge is 2.62. The minimum Gasteiger partial charge on any atom is -0.390 e. The Morgan fingerprint density at radius 2 is 1.77 bits per heavy atom. The van der Waals surface area contributed by atoms with Gasteiger partial charge in [0.15, 0.2) is 5.78 Å². The van der Waals surface area contributed by atoms with Gasteiger partial charge in [-0.05, 0) is 86.0 Å². The van der Waals surface area contributed by atoms with E-state index in [4.69, 9.17) is 0 Å². The lowest BCUT2D eigenvalue weighted by atomic mass is 9.45. The first kappa shape index (κ1) is 14.9. The quantitative estimate of drug-likeness (QED) is 0.730. The molecule has 4 aliphatic carbocycles. The summed E-state index contributed by atoms with van der Waals surface area (Å²) in [4.78, 5) is 11.8. The van der Waals surface area contributed by atoms with E-state index in [-0.39, 0.29) is 10.8 Å². The third-order valence-electron chi connectivity index (χ3n) is 8.60. The van der Waals surface area contributed by atoms with Crippen molar-refractivity contribution in [3.8, 4) is 0 Å². The molecule has 2 heteroatoms. The van der Waals surface area contributed by atoms with Crippen LogP contribution in [0, 0.1) is 34.5 Å². The minimum absolute atomic E-state index is 0.103. The number of fused-ring (bicyclic) bond motifs is 5. The molecule has 2 nitrogen and oxygen atoms in total. The Morgan fingerprint density at radius 1 is 1.05 bits per heavy atom. The largest absolute Gasteiger partial charge is 0.390 e. The molecule has 0 saturated heterocycles. The molecule has 0 bridgehead atoms. The van der Waals surface area contributed by atoms with Gasteiger partial charge in [0.2, 0.25) is 0 Å². The lowest BCUT2D eigenvalue weighted by Crippen LogP contribution is -2.55. The molecule has 122 valence electrons. The van der Waals surface area contributed by atoms with Gasteiger partial charge in [-0.15, -0.1) is 0 Å². The molecule has 0 radical (unpaired) electrons. The molecule has 0 heterocycles. The maximum absolute atomic E-state index is 11.8. The molecular formula is C20H30O2. The van der Waals surface area contributed by atoms with Gasteiger partial charge in [-0.1, -0.05) is 19.9 Å². The van der Waals surface area contributed by atoms with E-state index in [2.05, 4.69) is 26.8 Å². The molecule has 22 heavy (non-hydrogen) atoms. The maximum atomic E-state index is 11.8. The molecule has 0 aromatic carbocycles. The average Bonchev–Trinajstić information content (AvgIpc) is 2.70. The van der Waals surface area contributed by atoms with Gasteiger partial charge >= 0.3 is 0 Å². The minimum atomic E-state index is -0.487. The summed E-state index contributed by atoms with van der Waals surface area (Å²) in [6.07, 6.45) is 11.9. The highest BCUT2D eigenvalue weighted by molar-refractivity contribution is 5.91. The molecule has 4 aliphatic rings. The van der Waals surface area contributed by atoms with Crippen molar-refractivity contribution in [3.05, 3.63) is 12.2 Å². The van der Waals surface area contributed by atoms with Crippen LogP contribution in [-0.2, 0) is 4.79 Å². The maximum Gasteiger partial charge on any atom is 0.155 e. The number of allylic oxidation sites excluding steroid dienone is 2. The van der Waals surface area contributed by atoms with Crippen LogP contribution < -0.4 is 0 Å². The lowest BCUT2D eigenvalue weighted by Gasteiger charge is -2.59. The van der Waals surface area contributed by atoms with Crippen LogP contribution in [0.15, 0.2) is 12.2 Å². The monoisotopic (exact) mass is 302 g/mol. The third-order valence-corrected chi connectivity index (χ3v) is 8.60. The number of carbonyl (C=O) groups excluding carboxylic acids is 1. The molecular weight excluding hydrogens is 272 g/mol. The summed E-state index contributed by atoms with van der Waals surface area (Å²) in [5.74, 6) is 3.00. The molecule has 3 fully saturated rings. The van der Waals surface area contributed by atoms with Crippen LogP contribution in [0.25, 0.3) is 0 Å². The van der Waals surface area contributed by atoms with Crippen molar-refractivity contribution >= 4 is 5.78 Å². The first-order chi connectivity index (χ1) is 10.3. The van der Waals surface area contributed by atoms with Crippen LogP contribution in [0.3, 0.4) is 0 Å². The fourth-order valence-electron chi connectivity index (χ4n) is 6.88. The SMILES string of the molecule is C[C@]12C=CC(=O)C[C@H]1CC[C@@H]1[C@H]2CC[C@@]2(C)[C@H]1CC[C@]2(C)O. The summed E-state index contributed by atoms with van der Waals surface area (Å²) < 4.78 is 0. The van der Waals surface area contributed by atoms with Crippen LogP contribution in [0.4, 0.5) is 0 Å². The van der Waals surface area contributed by atoms with Crippen LogP contribution in [0.1, 0.15) is 65.7 Å². The molecule has 0 unspecified atom stereocenters. The van der Waals surface area contributed by atoms with Crippen molar-refractivity contribution in [1.29, 1.82) is 0 Å². The van der Waals surface area contributed by atoms with E-state index in [1.54, 1.807) is 0 Å². The van der Waals surface area contributed by atoms with Gasteiger partial charge in [-0.25, -0.2) is 0 Å². The number of carbonyl (C=O) groups is 1. The fraction of sp³-hybridized carbons (Fsp3) is 0.850. The lowest BCUT2D eigenvalue weighted by molar-refractivity contribution is -0.135. The van der Waals surface area contributed by atoms with Crippen molar-refractivity contribution in [2.24, 2.45) is 34.5 Å². The Kier molecular flexibility index (Phi) is 3.03. The van der Waals surface area contributed by atoms with Gasteiger partial charge in [0.05, 0.1) is 5.60 Å². The molecule has 1 N–H and O–H groups in total. The third kappa shape index (κ3) is 1.74. The summed E-state index contributed by atoms with van der Waals surface area (Å²) in [5.41, 5.74) is -0.170. The molecule has 0 aromatic heterocycles. The van der Waals surface area contributed by atoms with E-state index < -0.39 is 5.60 Å². The summed E-state index contributed by atoms with van der Waals surface area (Å²) >= 11 is 0. The topological polar surface area (TPSA) is 37.3 Å². The zero-order chi connectivity index (χ0) is 15.8. The summed E-state index contributed by atoms with van der Waals surface area (Å²) in [5, 5.41) is 10.9.